The van der Waals surface area contributed by atoms with E-state index in [2.05, 4.69) is 0 Å². The Hall–Kier alpha value is -5.28. The number of carbonyl (C=O) groups is 3. The predicted octanol–water partition coefficient (Wildman–Crippen LogP) is 7.05. The summed E-state index contributed by atoms with van der Waals surface area (Å²) in [5.74, 6) is -1.40. The van der Waals surface area contributed by atoms with Gasteiger partial charge in [0, 0.05) is 40.5 Å². The van der Waals surface area contributed by atoms with Crippen molar-refractivity contribution >= 4 is 57.2 Å². The molecule has 256 valence electrons. The van der Waals surface area contributed by atoms with Gasteiger partial charge in [0.15, 0.2) is 5.60 Å². The van der Waals surface area contributed by atoms with E-state index < -0.39 is 17.4 Å². The fraction of sp³-hybridized carbons (Fsp3) is 0.214. The SMILES string of the molecule is C[C@@H](/C=C/CC(=O)N1Cc2ccccc2C[C@H]1CO)[C@]1(O)C(=O)N(Cc2ccc(N3C(=O)c4cccc5cccc3c45)cc2)c2ccc(Cl)cc21. The number of hydrogen-bond donors (Lipinski definition) is 2. The quantitative estimate of drug-likeness (QED) is 0.169. The van der Waals surface area contributed by atoms with Crippen molar-refractivity contribution in [2.75, 3.05) is 16.4 Å². The molecule has 8 nitrogen and oxygen atoms in total. The van der Waals surface area contributed by atoms with E-state index in [0.29, 0.717) is 34.8 Å². The molecule has 0 aliphatic carbocycles. The normalized spacial score (nSPS) is 20.0. The van der Waals surface area contributed by atoms with Gasteiger partial charge in [-0.15, -0.1) is 0 Å². The van der Waals surface area contributed by atoms with E-state index >= 15 is 0 Å². The first-order valence-electron chi connectivity index (χ1n) is 17.1. The predicted molar refractivity (Wildman–Crippen MR) is 198 cm³/mol. The molecule has 0 saturated heterocycles. The summed E-state index contributed by atoms with van der Waals surface area (Å²) in [6.45, 7) is 2.23. The number of aliphatic hydroxyl groups is 2. The zero-order chi connectivity index (χ0) is 35.4. The van der Waals surface area contributed by atoms with Crippen LogP contribution < -0.4 is 9.80 Å². The van der Waals surface area contributed by atoms with Crippen LogP contribution in [0.1, 0.15) is 46.0 Å². The summed E-state index contributed by atoms with van der Waals surface area (Å²) in [5.41, 5.74) is 4.29. The minimum atomic E-state index is -1.91. The molecular weight excluding hydrogens is 662 g/mol. The summed E-state index contributed by atoms with van der Waals surface area (Å²) in [4.78, 5) is 45.9. The van der Waals surface area contributed by atoms with E-state index in [1.807, 2.05) is 84.9 Å². The number of rotatable bonds is 8. The Labute approximate surface area is 300 Å². The summed E-state index contributed by atoms with van der Waals surface area (Å²) in [7, 11) is 0. The number of aliphatic hydroxyl groups excluding tert-OH is 1. The van der Waals surface area contributed by atoms with Crippen LogP contribution in [0.25, 0.3) is 10.8 Å². The van der Waals surface area contributed by atoms with Gasteiger partial charge < -0.3 is 20.0 Å². The third-order valence-corrected chi connectivity index (χ3v) is 10.8. The highest BCUT2D eigenvalue weighted by Crippen LogP contribution is 2.47. The monoisotopic (exact) mass is 697 g/mol. The Balaban J connectivity index is 1.00. The van der Waals surface area contributed by atoms with Gasteiger partial charge in [0.25, 0.3) is 11.8 Å². The molecule has 0 spiro atoms. The first-order chi connectivity index (χ1) is 24.7. The van der Waals surface area contributed by atoms with Crippen molar-refractivity contribution in [1.82, 2.24) is 4.90 Å². The lowest BCUT2D eigenvalue weighted by Gasteiger charge is -2.36. The Morgan fingerprint density at radius 3 is 2.45 bits per heavy atom. The molecule has 5 aromatic rings. The van der Waals surface area contributed by atoms with Crippen molar-refractivity contribution in [3.63, 3.8) is 0 Å². The van der Waals surface area contributed by atoms with Crippen LogP contribution in [-0.4, -0.2) is 45.5 Å². The number of carbonyl (C=O) groups excluding carboxylic acids is 3. The van der Waals surface area contributed by atoms with Crippen LogP contribution in [0.2, 0.25) is 5.02 Å². The fourth-order valence-electron chi connectivity index (χ4n) is 7.85. The summed E-state index contributed by atoms with van der Waals surface area (Å²) in [5, 5.41) is 24.5. The van der Waals surface area contributed by atoms with Crippen molar-refractivity contribution in [3.8, 4) is 0 Å². The van der Waals surface area contributed by atoms with Crippen LogP contribution in [0.3, 0.4) is 0 Å². The zero-order valence-corrected chi connectivity index (χ0v) is 28.8. The average Bonchev–Trinajstić information content (AvgIpc) is 3.55. The first-order valence-corrected chi connectivity index (χ1v) is 17.5. The molecular formula is C42H36ClN3O5. The molecule has 3 heterocycles. The first kappa shape index (κ1) is 32.9. The number of amides is 3. The Bertz CT molecular complexity index is 2250. The molecule has 0 saturated carbocycles. The lowest BCUT2D eigenvalue weighted by molar-refractivity contribution is -0.139. The van der Waals surface area contributed by atoms with E-state index in [0.717, 1.165) is 38.8 Å². The second-order valence-corrected chi connectivity index (χ2v) is 14.0. The standard InChI is InChI=1S/C42H36ClN3O5/c1-26(7-4-14-38(48)44-24-30-9-3-2-8-29(30)21-33(44)25-47)42(51)35-22-31(43)17-20-36(35)45(41(42)50)23-27-15-18-32(19-16-27)46-37-13-6-11-28-10-5-12-34(39(28)37)40(46)49/h2-13,15-20,22,26,33,47,51H,14,21,23-25H2,1H3/b7-4+/t26-,33-,42+/m0/s1. The molecule has 9 heteroatoms. The lowest BCUT2D eigenvalue weighted by Crippen LogP contribution is -2.46. The van der Waals surface area contributed by atoms with Gasteiger partial charge in [0.05, 0.1) is 36.1 Å². The van der Waals surface area contributed by atoms with Crippen LogP contribution in [0, 0.1) is 5.92 Å². The Morgan fingerprint density at radius 2 is 1.69 bits per heavy atom. The van der Waals surface area contributed by atoms with Crippen molar-refractivity contribution in [2.45, 2.75) is 44.5 Å². The molecule has 51 heavy (non-hydrogen) atoms. The van der Waals surface area contributed by atoms with Gasteiger partial charge in [0.2, 0.25) is 5.91 Å². The van der Waals surface area contributed by atoms with Gasteiger partial charge in [-0.25, -0.2) is 0 Å². The van der Waals surface area contributed by atoms with Crippen LogP contribution in [0.5, 0.6) is 0 Å². The Morgan fingerprint density at radius 1 is 0.941 bits per heavy atom. The van der Waals surface area contributed by atoms with Crippen molar-refractivity contribution < 1.29 is 24.6 Å². The maximum atomic E-state index is 14.2. The summed E-state index contributed by atoms with van der Waals surface area (Å²) >= 11 is 6.40. The molecule has 8 rings (SSSR count). The van der Waals surface area contributed by atoms with Gasteiger partial charge in [-0.1, -0.05) is 91.3 Å². The number of benzene rings is 5. The Kier molecular flexibility index (Phi) is 8.26. The van der Waals surface area contributed by atoms with Crippen LogP contribution in [-0.2, 0) is 34.7 Å². The maximum absolute atomic E-state index is 14.2. The highest BCUT2D eigenvalue weighted by Gasteiger charge is 2.52. The lowest BCUT2D eigenvalue weighted by atomic mass is 9.83. The van der Waals surface area contributed by atoms with E-state index in [1.54, 1.807) is 52.0 Å². The third kappa shape index (κ3) is 5.42. The van der Waals surface area contributed by atoms with Gasteiger partial charge in [0.1, 0.15) is 0 Å². The van der Waals surface area contributed by atoms with E-state index in [-0.39, 0.29) is 37.4 Å². The smallest absolute Gasteiger partial charge is 0.264 e. The average molecular weight is 698 g/mol. The number of hydrogen-bond acceptors (Lipinski definition) is 5. The van der Waals surface area contributed by atoms with E-state index in [4.69, 9.17) is 11.6 Å². The molecule has 3 amide bonds. The van der Waals surface area contributed by atoms with Crippen molar-refractivity contribution in [2.24, 2.45) is 5.92 Å². The number of nitrogens with zero attached hydrogens (tertiary/aromatic N) is 3. The molecule has 0 aromatic heterocycles. The topological polar surface area (TPSA) is 101 Å². The maximum Gasteiger partial charge on any atom is 0.264 e. The molecule has 0 radical (unpaired) electrons. The second-order valence-electron chi connectivity index (χ2n) is 13.6. The van der Waals surface area contributed by atoms with Crippen LogP contribution in [0.15, 0.2) is 115 Å². The molecule has 3 aliphatic rings. The summed E-state index contributed by atoms with van der Waals surface area (Å²) < 4.78 is 0. The number of halogens is 1. The van der Waals surface area contributed by atoms with Crippen molar-refractivity contribution in [1.29, 1.82) is 0 Å². The zero-order valence-electron chi connectivity index (χ0n) is 28.0. The second kappa shape index (κ2) is 12.8. The highest BCUT2D eigenvalue weighted by molar-refractivity contribution is 6.31. The molecule has 3 aliphatic heterocycles. The minimum absolute atomic E-state index is 0.0604. The third-order valence-electron chi connectivity index (χ3n) is 10.6. The van der Waals surface area contributed by atoms with Crippen LogP contribution in [0.4, 0.5) is 17.1 Å². The van der Waals surface area contributed by atoms with E-state index in [1.165, 1.54) is 0 Å². The molecule has 5 aromatic carbocycles. The van der Waals surface area contributed by atoms with Gasteiger partial charge in [-0.05, 0) is 71.0 Å². The summed E-state index contributed by atoms with van der Waals surface area (Å²) in [6, 6.07) is 31.8. The molecule has 2 N–H and O–H groups in total. The molecule has 0 fully saturated rings. The summed E-state index contributed by atoms with van der Waals surface area (Å²) in [6.07, 6.45) is 4.04. The largest absolute Gasteiger partial charge is 0.394 e. The number of anilines is 3. The fourth-order valence-corrected chi connectivity index (χ4v) is 8.03. The highest BCUT2D eigenvalue weighted by atomic mass is 35.5. The van der Waals surface area contributed by atoms with Gasteiger partial charge in [-0.2, -0.15) is 0 Å². The molecule has 3 atom stereocenters. The van der Waals surface area contributed by atoms with Crippen LogP contribution >= 0.6 is 11.6 Å². The molecule has 0 unspecified atom stereocenters. The number of fused-ring (bicyclic) bond motifs is 2. The van der Waals surface area contributed by atoms with E-state index in [9.17, 15) is 24.6 Å². The van der Waals surface area contributed by atoms with Gasteiger partial charge in [-0.3, -0.25) is 19.3 Å². The van der Waals surface area contributed by atoms with Crippen molar-refractivity contribution in [3.05, 3.63) is 148 Å². The minimum Gasteiger partial charge on any atom is -0.394 e. The van der Waals surface area contributed by atoms with Gasteiger partial charge >= 0.3 is 0 Å². The molecule has 0 bridgehead atoms.